The summed E-state index contributed by atoms with van der Waals surface area (Å²) in [4.78, 5) is 31.3. The molecule has 1 fully saturated rings. The lowest BCUT2D eigenvalue weighted by molar-refractivity contribution is -0.122. The predicted octanol–water partition coefficient (Wildman–Crippen LogP) is 6.08. The van der Waals surface area contributed by atoms with Gasteiger partial charge in [-0.3, -0.25) is 14.5 Å². The molecule has 3 aromatic carbocycles. The second-order valence-electron chi connectivity index (χ2n) is 8.28. The van der Waals surface area contributed by atoms with Crippen molar-refractivity contribution in [2.24, 2.45) is 0 Å². The van der Waals surface area contributed by atoms with E-state index < -0.39 is 4.87 Å². The van der Waals surface area contributed by atoms with Crippen LogP contribution in [0.5, 0.6) is 0 Å². The summed E-state index contributed by atoms with van der Waals surface area (Å²) in [5.74, 6) is -0.451. The first-order valence-corrected chi connectivity index (χ1v) is 13.1. The Bertz CT molecular complexity index is 1470. The van der Waals surface area contributed by atoms with Gasteiger partial charge in [-0.2, -0.15) is 0 Å². The van der Waals surface area contributed by atoms with Crippen molar-refractivity contribution in [2.45, 2.75) is 11.3 Å². The SMILES string of the molecule is O=C1CSC2(C(=O)Nc3ccc(Cl)cc32)N1c1ccc(-c2csc(Cc3ccc(F)cc3)n2)cc1. The molecular formula is C26H17ClFN3O2S2. The molecule has 35 heavy (non-hydrogen) atoms. The molecule has 1 N–H and O–H groups in total. The van der Waals surface area contributed by atoms with Gasteiger partial charge in [-0.25, -0.2) is 9.37 Å². The zero-order valence-electron chi connectivity index (χ0n) is 18.1. The van der Waals surface area contributed by atoms with Crippen molar-refractivity contribution in [3.8, 4) is 11.3 Å². The summed E-state index contributed by atoms with van der Waals surface area (Å²) in [5, 5.41) is 6.32. The first-order valence-electron chi connectivity index (χ1n) is 10.8. The highest BCUT2D eigenvalue weighted by Gasteiger charge is 2.58. The monoisotopic (exact) mass is 521 g/mol. The summed E-state index contributed by atoms with van der Waals surface area (Å²) in [5.41, 5.74) is 4.72. The van der Waals surface area contributed by atoms with Crippen LogP contribution in [0.1, 0.15) is 16.1 Å². The Morgan fingerprint density at radius 3 is 2.60 bits per heavy atom. The molecule has 2 aliphatic rings. The zero-order chi connectivity index (χ0) is 24.2. The Hall–Kier alpha value is -3.20. The minimum absolute atomic E-state index is 0.138. The first kappa shape index (κ1) is 22.3. The summed E-state index contributed by atoms with van der Waals surface area (Å²) < 4.78 is 13.2. The second-order valence-corrected chi connectivity index (χ2v) is 10.8. The third-order valence-electron chi connectivity index (χ3n) is 6.11. The van der Waals surface area contributed by atoms with Crippen molar-refractivity contribution in [1.29, 1.82) is 0 Å². The van der Waals surface area contributed by atoms with Crippen molar-refractivity contribution in [3.63, 3.8) is 0 Å². The topological polar surface area (TPSA) is 62.3 Å². The van der Waals surface area contributed by atoms with E-state index in [0.29, 0.717) is 28.4 Å². The maximum Gasteiger partial charge on any atom is 0.266 e. The summed E-state index contributed by atoms with van der Waals surface area (Å²) in [6.45, 7) is 0. The van der Waals surface area contributed by atoms with Gasteiger partial charge in [0.2, 0.25) is 10.8 Å². The van der Waals surface area contributed by atoms with Gasteiger partial charge in [0.25, 0.3) is 5.91 Å². The zero-order valence-corrected chi connectivity index (χ0v) is 20.5. The fourth-order valence-corrected chi connectivity index (χ4v) is 6.79. The number of hydrogen-bond acceptors (Lipinski definition) is 5. The highest BCUT2D eigenvalue weighted by molar-refractivity contribution is 8.02. The molecule has 0 saturated carbocycles. The Morgan fingerprint density at radius 1 is 1.06 bits per heavy atom. The lowest BCUT2D eigenvalue weighted by Gasteiger charge is -2.32. The summed E-state index contributed by atoms with van der Waals surface area (Å²) in [6.07, 6.45) is 0.627. The van der Waals surface area contributed by atoms with E-state index in [-0.39, 0.29) is 23.4 Å². The molecule has 5 nitrogen and oxygen atoms in total. The van der Waals surface area contributed by atoms with Gasteiger partial charge in [-0.15, -0.1) is 23.1 Å². The highest BCUT2D eigenvalue weighted by atomic mass is 35.5. The Labute approximate surface area is 214 Å². The molecule has 174 valence electrons. The number of fused-ring (bicyclic) bond motifs is 2. The van der Waals surface area contributed by atoms with Gasteiger partial charge < -0.3 is 5.32 Å². The van der Waals surface area contributed by atoms with Crippen LogP contribution in [0.25, 0.3) is 11.3 Å². The number of anilines is 2. The largest absolute Gasteiger partial charge is 0.323 e. The van der Waals surface area contributed by atoms with Crippen LogP contribution in [0.4, 0.5) is 15.8 Å². The third-order valence-corrected chi connectivity index (χ3v) is 8.59. The lowest BCUT2D eigenvalue weighted by Crippen LogP contribution is -2.47. The van der Waals surface area contributed by atoms with Crippen LogP contribution in [0.3, 0.4) is 0 Å². The number of hydrogen-bond donors (Lipinski definition) is 1. The number of aromatic nitrogens is 1. The van der Waals surface area contributed by atoms with Crippen LogP contribution < -0.4 is 10.2 Å². The van der Waals surface area contributed by atoms with Gasteiger partial charge in [0.15, 0.2) is 0 Å². The quantitative estimate of drug-likeness (QED) is 0.353. The molecule has 1 unspecified atom stereocenters. The number of nitrogens with zero attached hydrogens (tertiary/aromatic N) is 2. The molecule has 1 aromatic heterocycles. The summed E-state index contributed by atoms with van der Waals surface area (Å²) >= 11 is 9.08. The van der Waals surface area contributed by atoms with Crippen molar-refractivity contribution in [3.05, 3.63) is 99.1 Å². The van der Waals surface area contributed by atoms with E-state index in [4.69, 9.17) is 16.6 Å². The fourth-order valence-electron chi connectivity index (χ4n) is 4.48. The number of carbonyl (C=O) groups is 2. The Balaban J connectivity index is 1.29. The molecule has 3 heterocycles. The Morgan fingerprint density at radius 2 is 1.83 bits per heavy atom. The normalized spacial score (nSPS) is 18.9. The molecule has 0 radical (unpaired) electrons. The molecule has 1 spiro atoms. The Kier molecular flexibility index (Phi) is 5.40. The molecule has 0 bridgehead atoms. The van der Waals surface area contributed by atoms with E-state index in [0.717, 1.165) is 21.8 Å². The molecule has 2 amide bonds. The van der Waals surface area contributed by atoms with Gasteiger partial charge in [0.1, 0.15) is 5.82 Å². The van der Waals surface area contributed by atoms with E-state index in [2.05, 4.69) is 5.32 Å². The van der Waals surface area contributed by atoms with Crippen LogP contribution in [0.2, 0.25) is 5.02 Å². The smallest absolute Gasteiger partial charge is 0.266 e. The fraction of sp³-hybridized carbons (Fsp3) is 0.115. The first-order chi connectivity index (χ1) is 16.9. The summed E-state index contributed by atoms with van der Waals surface area (Å²) in [6, 6.07) is 19.1. The molecular weight excluding hydrogens is 505 g/mol. The maximum absolute atomic E-state index is 13.2. The van der Waals surface area contributed by atoms with E-state index >= 15 is 0 Å². The number of amides is 2. The number of benzene rings is 3. The average Bonchev–Trinajstić information content (AvgIpc) is 3.53. The van der Waals surface area contributed by atoms with Crippen LogP contribution >= 0.6 is 34.7 Å². The van der Waals surface area contributed by atoms with Crippen molar-refractivity contribution >= 4 is 57.9 Å². The van der Waals surface area contributed by atoms with Gasteiger partial charge >= 0.3 is 0 Å². The average molecular weight is 522 g/mol. The number of rotatable bonds is 4. The molecule has 2 aliphatic heterocycles. The van der Waals surface area contributed by atoms with E-state index in [9.17, 15) is 14.0 Å². The van der Waals surface area contributed by atoms with E-state index in [1.165, 1.54) is 23.9 Å². The number of carbonyl (C=O) groups excluding carboxylic acids is 2. The number of halogens is 2. The molecule has 0 aliphatic carbocycles. The number of thiazole rings is 1. The molecule has 4 aromatic rings. The van der Waals surface area contributed by atoms with Gasteiger partial charge in [-0.1, -0.05) is 35.9 Å². The third kappa shape index (κ3) is 3.73. The van der Waals surface area contributed by atoms with Crippen LogP contribution in [0, 0.1) is 5.82 Å². The van der Waals surface area contributed by atoms with Crippen molar-refractivity contribution < 1.29 is 14.0 Å². The standard InChI is InChI=1S/C26H17ClFN3O2S2/c27-17-5-10-21-20(12-17)26(25(33)30-21)31(24(32)14-35-26)19-8-3-16(4-9-19)22-13-34-23(29-22)11-15-1-6-18(28)7-2-15/h1-10,12-13H,11,14H2,(H,30,33). The minimum atomic E-state index is -1.18. The second kappa shape index (κ2) is 8.48. The van der Waals surface area contributed by atoms with Crippen LogP contribution in [-0.2, 0) is 20.9 Å². The number of thioether (sulfide) groups is 1. The predicted molar refractivity (Wildman–Crippen MR) is 138 cm³/mol. The van der Waals surface area contributed by atoms with Crippen LogP contribution in [0.15, 0.2) is 72.1 Å². The van der Waals surface area contributed by atoms with E-state index in [1.807, 2.05) is 29.6 Å². The lowest BCUT2D eigenvalue weighted by atomic mass is 10.0. The molecule has 6 rings (SSSR count). The van der Waals surface area contributed by atoms with Crippen molar-refractivity contribution in [2.75, 3.05) is 16.0 Å². The summed E-state index contributed by atoms with van der Waals surface area (Å²) in [7, 11) is 0. The van der Waals surface area contributed by atoms with Crippen molar-refractivity contribution in [1.82, 2.24) is 4.98 Å². The number of nitrogens with one attached hydrogen (secondary N) is 1. The molecule has 1 atom stereocenters. The molecule has 9 heteroatoms. The minimum Gasteiger partial charge on any atom is -0.323 e. The van der Waals surface area contributed by atoms with Gasteiger partial charge in [0.05, 0.1) is 16.5 Å². The van der Waals surface area contributed by atoms with Crippen LogP contribution in [-0.4, -0.2) is 22.6 Å². The highest BCUT2D eigenvalue weighted by Crippen LogP contribution is 2.54. The van der Waals surface area contributed by atoms with Gasteiger partial charge in [-0.05, 0) is 48.0 Å². The van der Waals surface area contributed by atoms with E-state index in [1.54, 1.807) is 46.6 Å². The van der Waals surface area contributed by atoms with Gasteiger partial charge in [0, 0.05) is 39.3 Å². The molecule has 1 saturated heterocycles. The maximum atomic E-state index is 13.2.